The fourth-order valence-electron chi connectivity index (χ4n) is 4.66. The van der Waals surface area contributed by atoms with Crippen molar-refractivity contribution in [3.8, 4) is 0 Å². The third-order valence-corrected chi connectivity index (χ3v) is 6.29. The summed E-state index contributed by atoms with van der Waals surface area (Å²) in [6, 6.07) is 16.8. The van der Waals surface area contributed by atoms with Crippen molar-refractivity contribution in [1.29, 1.82) is 0 Å². The van der Waals surface area contributed by atoms with Crippen LogP contribution in [0, 0.1) is 0 Å². The third-order valence-electron chi connectivity index (χ3n) is 6.29. The summed E-state index contributed by atoms with van der Waals surface area (Å²) in [6.45, 7) is 4.07. The monoisotopic (exact) mass is 388 g/mol. The molecule has 1 aromatic heterocycles. The van der Waals surface area contributed by atoms with Gasteiger partial charge in [0.25, 0.3) is 5.91 Å². The maximum atomic E-state index is 12.8. The summed E-state index contributed by atoms with van der Waals surface area (Å²) in [5, 5.41) is 3.25. The summed E-state index contributed by atoms with van der Waals surface area (Å²) in [5.74, 6) is 1.19. The number of hydrogen-bond acceptors (Lipinski definition) is 3. The van der Waals surface area contributed by atoms with Gasteiger partial charge in [-0.25, -0.2) is 4.98 Å². The molecular weight excluding hydrogens is 360 g/mol. The van der Waals surface area contributed by atoms with E-state index >= 15 is 0 Å². The van der Waals surface area contributed by atoms with Crippen molar-refractivity contribution < 1.29 is 4.79 Å². The number of nitrogens with one attached hydrogen (secondary N) is 1. The number of aryl methyl sites for hydroxylation is 2. The molecule has 0 unspecified atom stereocenters. The zero-order valence-electron chi connectivity index (χ0n) is 16.8. The van der Waals surface area contributed by atoms with E-state index in [1.54, 1.807) is 0 Å². The molecule has 1 amide bonds. The molecular formula is C24H28N4O. The summed E-state index contributed by atoms with van der Waals surface area (Å²) in [7, 11) is 0. The van der Waals surface area contributed by atoms with Gasteiger partial charge in [-0.15, -0.1) is 0 Å². The molecule has 0 radical (unpaired) electrons. The number of imidazole rings is 1. The molecule has 1 saturated heterocycles. The highest BCUT2D eigenvalue weighted by atomic mass is 16.1. The van der Waals surface area contributed by atoms with E-state index in [0.717, 1.165) is 67.9 Å². The molecule has 150 valence electrons. The van der Waals surface area contributed by atoms with E-state index in [-0.39, 0.29) is 11.9 Å². The molecule has 0 spiro atoms. The Morgan fingerprint density at radius 2 is 1.86 bits per heavy atom. The molecule has 2 aromatic carbocycles. The molecule has 1 fully saturated rings. The number of benzene rings is 2. The number of aromatic nitrogens is 2. The first-order valence-electron chi connectivity index (χ1n) is 10.8. The smallest absolute Gasteiger partial charge is 0.251 e. The van der Waals surface area contributed by atoms with Crippen LogP contribution in [0.5, 0.6) is 0 Å². The van der Waals surface area contributed by atoms with E-state index in [1.807, 2.05) is 12.1 Å². The van der Waals surface area contributed by atoms with Gasteiger partial charge in [0.15, 0.2) is 0 Å². The molecule has 3 heterocycles. The summed E-state index contributed by atoms with van der Waals surface area (Å²) in [5.41, 5.74) is 4.18. The van der Waals surface area contributed by atoms with Crippen LogP contribution in [0.15, 0.2) is 48.5 Å². The average molecular weight is 389 g/mol. The van der Waals surface area contributed by atoms with Crippen molar-refractivity contribution in [2.45, 2.75) is 51.2 Å². The first-order chi connectivity index (χ1) is 14.3. The predicted octanol–water partition coefficient (Wildman–Crippen LogP) is 3.77. The Labute approximate surface area is 171 Å². The number of fused-ring (bicyclic) bond motifs is 3. The lowest BCUT2D eigenvalue weighted by Gasteiger charge is -2.32. The van der Waals surface area contributed by atoms with Crippen molar-refractivity contribution in [3.63, 3.8) is 0 Å². The first kappa shape index (κ1) is 18.4. The standard InChI is InChI=1S/C24H28N4O/c29-24(19-9-10-22-21(16-19)26-23-8-4-5-13-28(22)23)25-20-11-14-27(15-12-20)17-18-6-2-1-3-7-18/h1-3,6-7,9-10,16,20H,4-5,8,11-15,17H2,(H,25,29). The molecule has 2 aliphatic heterocycles. The highest BCUT2D eigenvalue weighted by Crippen LogP contribution is 2.23. The molecule has 0 bridgehead atoms. The zero-order chi connectivity index (χ0) is 19.6. The molecule has 5 nitrogen and oxygen atoms in total. The summed E-state index contributed by atoms with van der Waals surface area (Å²) >= 11 is 0. The Morgan fingerprint density at radius 1 is 1.03 bits per heavy atom. The van der Waals surface area contributed by atoms with Crippen LogP contribution in [0.25, 0.3) is 11.0 Å². The van der Waals surface area contributed by atoms with Gasteiger partial charge in [-0.05, 0) is 49.4 Å². The summed E-state index contributed by atoms with van der Waals surface area (Å²) < 4.78 is 2.31. The van der Waals surface area contributed by atoms with Crippen LogP contribution in [-0.4, -0.2) is 39.5 Å². The van der Waals surface area contributed by atoms with Crippen molar-refractivity contribution in [2.75, 3.05) is 13.1 Å². The van der Waals surface area contributed by atoms with E-state index in [0.29, 0.717) is 0 Å². The van der Waals surface area contributed by atoms with E-state index in [4.69, 9.17) is 4.98 Å². The first-order valence-corrected chi connectivity index (χ1v) is 10.8. The summed E-state index contributed by atoms with van der Waals surface area (Å²) in [6.07, 6.45) is 5.46. The van der Waals surface area contributed by atoms with Gasteiger partial charge in [-0.1, -0.05) is 30.3 Å². The second-order valence-electron chi connectivity index (χ2n) is 8.35. The van der Waals surface area contributed by atoms with Crippen LogP contribution in [0.1, 0.15) is 47.4 Å². The van der Waals surface area contributed by atoms with Gasteiger partial charge in [0.2, 0.25) is 0 Å². The van der Waals surface area contributed by atoms with Gasteiger partial charge in [-0.2, -0.15) is 0 Å². The van der Waals surface area contributed by atoms with E-state index in [2.05, 4.69) is 51.2 Å². The van der Waals surface area contributed by atoms with Crippen LogP contribution in [0.4, 0.5) is 0 Å². The van der Waals surface area contributed by atoms with Gasteiger partial charge in [0.1, 0.15) is 5.82 Å². The molecule has 2 aliphatic rings. The topological polar surface area (TPSA) is 50.2 Å². The Bertz CT molecular complexity index is 1000. The van der Waals surface area contributed by atoms with Crippen molar-refractivity contribution in [3.05, 3.63) is 65.5 Å². The van der Waals surface area contributed by atoms with Gasteiger partial charge in [0.05, 0.1) is 11.0 Å². The minimum atomic E-state index is 0.0272. The molecule has 5 heteroatoms. The normalized spacial score (nSPS) is 17.9. The maximum absolute atomic E-state index is 12.8. The van der Waals surface area contributed by atoms with E-state index < -0.39 is 0 Å². The second kappa shape index (κ2) is 7.99. The predicted molar refractivity (Wildman–Crippen MR) is 115 cm³/mol. The number of rotatable bonds is 4. The van der Waals surface area contributed by atoms with Crippen molar-refractivity contribution in [2.24, 2.45) is 0 Å². The van der Waals surface area contributed by atoms with Crippen molar-refractivity contribution in [1.82, 2.24) is 19.8 Å². The Hall–Kier alpha value is -2.66. The Balaban J connectivity index is 1.20. The number of nitrogens with zero attached hydrogens (tertiary/aromatic N) is 3. The van der Waals surface area contributed by atoms with Gasteiger partial charge < -0.3 is 9.88 Å². The van der Waals surface area contributed by atoms with Crippen LogP contribution < -0.4 is 5.32 Å². The Morgan fingerprint density at radius 3 is 2.69 bits per heavy atom. The fraction of sp³-hybridized carbons (Fsp3) is 0.417. The van der Waals surface area contributed by atoms with Crippen LogP contribution in [0.2, 0.25) is 0 Å². The lowest BCUT2D eigenvalue weighted by molar-refractivity contribution is 0.0909. The van der Waals surface area contributed by atoms with Gasteiger partial charge in [-0.3, -0.25) is 9.69 Å². The minimum Gasteiger partial charge on any atom is -0.349 e. The molecule has 0 aliphatic carbocycles. The lowest BCUT2D eigenvalue weighted by atomic mass is 10.0. The second-order valence-corrected chi connectivity index (χ2v) is 8.35. The van der Waals surface area contributed by atoms with Crippen molar-refractivity contribution >= 4 is 16.9 Å². The van der Waals surface area contributed by atoms with E-state index in [1.165, 1.54) is 18.4 Å². The largest absolute Gasteiger partial charge is 0.349 e. The molecule has 1 N–H and O–H groups in total. The minimum absolute atomic E-state index is 0.0272. The van der Waals surface area contributed by atoms with Crippen LogP contribution >= 0.6 is 0 Å². The Kier molecular flexibility index (Phi) is 5.06. The average Bonchev–Trinajstić information content (AvgIpc) is 3.14. The number of amides is 1. The number of carbonyl (C=O) groups excluding carboxylic acids is 1. The zero-order valence-corrected chi connectivity index (χ0v) is 16.8. The van der Waals surface area contributed by atoms with Crippen LogP contribution in [0.3, 0.4) is 0 Å². The number of piperidine rings is 1. The SMILES string of the molecule is O=C(NC1CCN(Cc2ccccc2)CC1)c1ccc2c(c1)nc1n2CCCC1. The molecule has 5 rings (SSSR count). The molecule has 29 heavy (non-hydrogen) atoms. The molecule has 0 atom stereocenters. The molecule has 0 saturated carbocycles. The quantitative estimate of drug-likeness (QED) is 0.740. The number of carbonyl (C=O) groups is 1. The third kappa shape index (κ3) is 3.92. The van der Waals surface area contributed by atoms with Crippen LogP contribution in [-0.2, 0) is 19.5 Å². The maximum Gasteiger partial charge on any atom is 0.251 e. The fourth-order valence-corrected chi connectivity index (χ4v) is 4.66. The molecule has 3 aromatic rings. The van der Waals surface area contributed by atoms with Gasteiger partial charge >= 0.3 is 0 Å². The number of hydrogen-bond donors (Lipinski definition) is 1. The summed E-state index contributed by atoms with van der Waals surface area (Å²) in [4.78, 5) is 20.1. The van der Waals surface area contributed by atoms with Gasteiger partial charge in [0, 0.05) is 44.2 Å². The number of likely N-dealkylation sites (tertiary alicyclic amines) is 1. The highest BCUT2D eigenvalue weighted by molar-refractivity contribution is 5.97. The highest BCUT2D eigenvalue weighted by Gasteiger charge is 2.22. The van der Waals surface area contributed by atoms with E-state index in [9.17, 15) is 4.79 Å². The lowest BCUT2D eigenvalue weighted by Crippen LogP contribution is -2.44.